The summed E-state index contributed by atoms with van der Waals surface area (Å²) in [4.78, 5) is 12.6. The topological polar surface area (TPSA) is 66.5 Å². The molecule has 118 valence electrons. The van der Waals surface area contributed by atoms with Gasteiger partial charge in [0.05, 0.1) is 20.3 Å². The number of pyridine rings is 1. The van der Waals surface area contributed by atoms with Crippen molar-refractivity contribution in [3.63, 3.8) is 0 Å². The van der Waals surface area contributed by atoms with Crippen LogP contribution in [-0.4, -0.2) is 18.8 Å². The molecule has 22 heavy (non-hydrogen) atoms. The van der Waals surface area contributed by atoms with Crippen LogP contribution in [0.1, 0.15) is 28.4 Å². The van der Waals surface area contributed by atoms with Crippen molar-refractivity contribution < 1.29 is 9.47 Å². The molecule has 1 atom stereocenters. The second-order valence-corrected chi connectivity index (χ2v) is 5.33. The van der Waals surface area contributed by atoms with Crippen LogP contribution in [0.3, 0.4) is 0 Å². The number of hydrogen-bond donors (Lipinski definition) is 1. The molecule has 1 unspecified atom stereocenters. The molecule has 2 N–H and O–H groups in total. The Bertz CT molecular complexity index is 750. The molecule has 2 aromatic rings. The number of aromatic nitrogens is 1. The Kier molecular flexibility index (Phi) is 4.56. The van der Waals surface area contributed by atoms with E-state index >= 15 is 0 Å². The van der Waals surface area contributed by atoms with E-state index < -0.39 is 6.04 Å². The summed E-state index contributed by atoms with van der Waals surface area (Å²) in [5.74, 6) is 1.29. The molecule has 0 saturated heterocycles. The third kappa shape index (κ3) is 2.72. The fourth-order valence-electron chi connectivity index (χ4n) is 2.61. The molecule has 5 heteroatoms. The smallest absolute Gasteiger partial charge is 0.255 e. The third-order valence-corrected chi connectivity index (χ3v) is 4.00. The molecule has 0 aliphatic heterocycles. The largest absolute Gasteiger partial charge is 0.497 e. The van der Waals surface area contributed by atoms with Crippen molar-refractivity contribution in [2.24, 2.45) is 12.8 Å². The van der Waals surface area contributed by atoms with Crippen LogP contribution in [0.15, 0.2) is 29.1 Å². The first-order valence-electron chi connectivity index (χ1n) is 7.05. The summed E-state index contributed by atoms with van der Waals surface area (Å²) < 4.78 is 12.2. The molecule has 0 bridgehead atoms. The predicted octanol–water partition coefficient (Wildman–Crippen LogP) is 2.07. The van der Waals surface area contributed by atoms with Crippen LogP contribution in [0.2, 0.25) is 0 Å². The first kappa shape index (κ1) is 16.1. The maximum absolute atomic E-state index is 12.6. The van der Waals surface area contributed by atoms with Gasteiger partial charge in [-0.15, -0.1) is 0 Å². The van der Waals surface area contributed by atoms with E-state index in [2.05, 4.69) is 0 Å². The van der Waals surface area contributed by atoms with Gasteiger partial charge < -0.3 is 19.8 Å². The van der Waals surface area contributed by atoms with Crippen LogP contribution in [0.25, 0.3) is 0 Å². The van der Waals surface area contributed by atoms with Gasteiger partial charge in [0.2, 0.25) is 0 Å². The molecule has 0 saturated carbocycles. The number of benzene rings is 1. The zero-order chi connectivity index (χ0) is 16.4. The quantitative estimate of drug-likeness (QED) is 0.939. The first-order chi connectivity index (χ1) is 10.4. The van der Waals surface area contributed by atoms with E-state index in [0.29, 0.717) is 17.1 Å². The molecular formula is C17H22N2O3. The number of aryl methyl sites for hydroxylation is 2. The Morgan fingerprint density at radius 2 is 1.82 bits per heavy atom. The van der Waals surface area contributed by atoms with E-state index in [-0.39, 0.29) is 5.56 Å². The summed E-state index contributed by atoms with van der Waals surface area (Å²) in [5.41, 5.74) is 9.41. The molecule has 2 rings (SSSR count). The monoisotopic (exact) mass is 302 g/mol. The molecule has 5 nitrogen and oxygen atoms in total. The van der Waals surface area contributed by atoms with E-state index in [1.807, 2.05) is 32.0 Å². The highest BCUT2D eigenvalue weighted by Gasteiger charge is 2.21. The van der Waals surface area contributed by atoms with Gasteiger partial charge in [0.1, 0.15) is 11.5 Å². The van der Waals surface area contributed by atoms with E-state index in [0.717, 1.165) is 16.8 Å². The molecule has 1 heterocycles. The van der Waals surface area contributed by atoms with Crippen LogP contribution in [0, 0.1) is 13.8 Å². The van der Waals surface area contributed by atoms with Gasteiger partial charge in [0.25, 0.3) is 5.56 Å². The standard InChI is InChI=1S/C17H22N2O3/c1-10-8-11(2)19(3)17(20)15(10)16(18)13-7-6-12(21-4)9-14(13)22-5/h6-9,16H,18H2,1-5H3. The summed E-state index contributed by atoms with van der Waals surface area (Å²) in [6.07, 6.45) is 0. The van der Waals surface area contributed by atoms with Gasteiger partial charge in [-0.05, 0) is 37.6 Å². The Balaban J connectivity index is 2.60. The number of ether oxygens (including phenoxy) is 2. The fraction of sp³-hybridized carbons (Fsp3) is 0.353. The van der Waals surface area contributed by atoms with Gasteiger partial charge in [0, 0.05) is 29.9 Å². The summed E-state index contributed by atoms with van der Waals surface area (Å²) in [5, 5.41) is 0. The lowest BCUT2D eigenvalue weighted by Gasteiger charge is -2.19. The van der Waals surface area contributed by atoms with E-state index in [4.69, 9.17) is 15.2 Å². The molecule has 0 amide bonds. The van der Waals surface area contributed by atoms with Crippen LogP contribution in [0.5, 0.6) is 11.5 Å². The highest BCUT2D eigenvalue weighted by molar-refractivity contribution is 5.47. The van der Waals surface area contributed by atoms with Crippen molar-refractivity contribution in [2.75, 3.05) is 14.2 Å². The number of nitrogens with zero attached hydrogens (tertiary/aromatic N) is 1. The molecule has 1 aromatic carbocycles. The zero-order valence-corrected chi connectivity index (χ0v) is 13.6. The van der Waals surface area contributed by atoms with E-state index in [9.17, 15) is 4.79 Å². The number of nitrogens with two attached hydrogens (primary N) is 1. The van der Waals surface area contributed by atoms with Crippen LogP contribution >= 0.6 is 0 Å². The lowest BCUT2D eigenvalue weighted by Crippen LogP contribution is -2.30. The normalized spacial score (nSPS) is 12.1. The van der Waals surface area contributed by atoms with Crippen LogP contribution in [-0.2, 0) is 7.05 Å². The minimum atomic E-state index is -0.555. The summed E-state index contributed by atoms with van der Waals surface area (Å²) in [6.45, 7) is 3.80. The van der Waals surface area contributed by atoms with Crippen molar-refractivity contribution in [1.82, 2.24) is 4.57 Å². The molecular weight excluding hydrogens is 280 g/mol. The molecule has 1 aromatic heterocycles. The number of hydrogen-bond acceptors (Lipinski definition) is 4. The van der Waals surface area contributed by atoms with Crippen LogP contribution in [0.4, 0.5) is 0 Å². The number of rotatable bonds is 4. The van der Waals surface area contributed by atoms with Crippen molar-refractivity contribution in [2.45, 2.75) is 19.9 Å². The summed E-state index contributed by atoms with van der Waals surface area (Å²) >= 11 is 0. The molecule has 0 fully saturated rings. The highest BCUT2D eigenvalue weighted by Crippen LogP contribution is 2.31. The van der Waals surface area contributed by atoms with Crippen molar-refractivity contribution in [3.8, 4) is 11.5 Å². The minimum absolute atomic E-state index is 0.0807. The van der Waals surface area contributed by atoms with Crippen LogP contribution < -0.4 is 20.8 Å². The number of methoxy groups -OCH3 is 2. The minimum Gasteiger partial charge on any atom is -0.497 e. The average Bonchev–Trinajstić information content (AvgIpc) is 2.51. The fourth-order valence-corrected chi connectivity index (χ4v) is 2.61. The summed E-state index contributed by atoms with van der Waals surface area (Å²) in [7, 11) is 4.91. The zero-order valence-electron chi connectivity index (χ0n) is 13.6. The maximum atomic E-state index is 12.6. The third-order valence-electron chi connectivity index (χ3n) is 4.00. The predicted molar refractivity (Wildman–Crippen MR) is 86.7 cm³/mol. The molecule has 0 radical (unpaired) electrons. The Labute approximate surface area is 130 Å². The highest BCUT2D eigenvalue weighted by atomic mass is 16.5. The Morgan fingerprint density at radius 1 is 1.14 bits per heavy atom. The maximum Gasteiger partial charge on any atom is 0.255 e. The van der Waals surface area contributed by atoms with Gasteiger partial charge in [-0.2, -0.15) is 0 Å². The second kappa shape index (κ2) is 6.23. The van der Waals surface area contributed by atoms with Gasteiger partial charge >= 0.3 is 0 Å². The Morgan fingerprint density at radius 3 is 2.41 bits per heavy atom. The lowest BCUT2D eigenvalue weighted by atomic mass is 9.95. The molecule has 0 aliphatic carbocycles. The van der Waals surface area contributed by atoms with Crippen molar-refractivity contribution in [1.29, 1.82) is 0 Å². The van der Waals surface area contributed by atoms with Gasteiger partial charge in [-0.3, -0.25) is 4.79 Å². The lowest BCUT2D eigenvalue weighted by molar-refractivity contribution is 0.389. The van der Waals surface area contributed by atoms with Crippen molar-refractivity contribution >= 4 is 0 Å². The van der Waals surface area contributed by atoms with E-state index in [1.165, 1.54) is 0 Å². The Hall–Kier alpha value is -2.27. The van der Waals surface area contributed by atoms with E-state index in [1.54, 1.807) is 31.9 Å². The molecule has 0 aliphatic rings. The average molecular weight is 302 g/mol. The van der Waals surface area contributed by atoms with Crippen molar-refractivity contribution in [3.05, 3.63) is 57.0 Å². The second-order valence-electron chi connectivity index (χ2n) is 5.33. The van der Waals surface area contributed by atoms with Gasteiger partial charge in [-0.1, -0.05) is 0 Å². The van der Waals surface area contributed by atoms with Gasteiger partial charge in [0.15, 0.2) is 0 Å². The SMILES string of the molecule is COc1ccc(C(N)c2c(C)cc(C)n(C)c2=O)c(OC)c1. The molecule has 0 spiro atoms. The first-order valence-corrected chi connectivity index (χ1v) is 7.05. The van der Waals surface area contributed by atoms with Gasteiger partial charge in [-0.25, -0.2) is 0 Å². The summed E-state index contributed by atoms with van der Waals surface area (Å²) in [6, 6.07) is 6.82.